The van der Waals surface area contributed by atoms with Crippen molar-refractivity contribution in [2.24, 2.45) is 0 Å². The monoisotopic (exact) mass is 284 g/mol. The Bertz CT molecular complexity index is 400. The lowest BCUT2D eigenvalue weighted by Crippen LogP contribution is -2.45. The van der Waals surface area contributed by atoms with Crippen molar-refractivity contribution >= 4 is 8.32 Å². The molecule has 1 N–H and O–H groups in total. The summed E-state index contributed by atoms with van der Waals surface area (Å²) in [6.07, 6.45) is 0. The Morgan fingerprint density at radius 1 is 1.16 bits per heavy atom. The Morgan fingerprint density at radius 3 is 2.11 bits per heavy atom. The van der Waals surface area contributed by atoms with Crippen LogP contribution in [0.1, 0.15) is 26.3 Å². The van der Waals surface area contributed by atoms with Crippen LogP contribution in [0.3, 0.4) is 0 Å². The first-order valence-electron chi connectivity index (χ1n) is 6.62. The maximum atomic E-state index is 14.8. The van der Waals surface area contributed by atoms with Crippen molar-refractivity contribution in [2.45, 2.75) is 44.6 Å². The van der Waals surface area contributed by atoms with Crippen LogP contribution >= 0.6 is 0 Å². The van der Waals surface area contributed by atoms with Gasteiger partial charge in [-0.25, -0.2) is 4.39 Å². The van der Waals surface area contributed by atoms with E-state index in [-0.39, 0.29) is 11.6 Å². The highest BCUT2D eigenvalue weighted by atomic mass is 28.4. The Labute approximate surface area is 116 Å². The third kappa shape index (κ3) is 3.88. The molecule has 1 aromatic carbocycles. The zero-order valence-corrected chi connectivity index (χ0v) is 13.5. The Kier molecular flexibility index (Phi) is 4.93. The topological polar surface area (TPSA) is 29.5 Å². The van der Waals surface area contributed by atoms with E-state index >= 15 is 0 Å². The SMILES string of the molecule is CC(C)(C)[Si](C)(C)OCC(F)(CO)c1ccccc1. The van der Waals surface area contributed by atoms with E-state index in [2.05, 4.69) is 33.9 Å². The van der Waals surface area contributed by atoms with E-state index in [0.29, 0.717) is 5.56 Å². The third-order valence-corrected chi connectivity index (χ3v) is 8.49. The highest BCUT2D eigenvalue weighted by Crippen LogP contribution is 2.38. The summed E-state index contributed by atoms with van der Waals surface area (Å²) in [5, 5.41) is 9.43. The zero-order chi connectivity index (χ0) is 14.7. The molecule has 108 valence electrons. The van der Waals surface area contributed by atoms with Gasteiger partial charge in [0.2, 0.25) is 0 Å². The van der Waals surface area contributed by atoms with Gasteiger partial charge in [-0.1, -0.05) is 51.1 Å². The molecule has 4 heteroatoms. The van der Waals surface area contributed by atoms with Crippen molar-refractivity contribution < 1.29 is 13.9 Å². The lowest BCUT2D eigenvalue weighted by atomic mass is 9.98. The second-order valence-corrected chi connectivity index (χ2v) is 11.3. The lowest BCUT2D eigenvalue weighted by Gasteiger charge is -2.38. The molecule has 0 aliphatic heterocycles. The first-order valence-corrected chi connectivity index (χ1v) is 9.52. The fourth-order valence-corrected chi connectivity index (χ4v) is 2.49. The molecule has 0 heterocycles. The van der Waals surface area contributed by atoms with Crippen molar-refractivity contribution in [2.75, 3.05) is 13.2 Å². The zero-order valence-electron chi connectivity index (χ0n) is 12.5. The average molecular weight is 284 g/mol. The molecule has 1 atom stereocenters. The molecule has 0 aliphatic rings. The molecule has 0 spiro atoms. The van der Waals surface area contributed by atoms with E-state index in [1.54, 1.807) is 24.3 Å². The van der Waals surface area contributed by atoms with Crippen LogP contribution in [0.25, 0.3) is 0 Å². The lowest BCUT2D eigenvalue weighted by molar-refractivity contribution is 0.0174. The van der Waals surface area contributed by atoms with Crippen molar-refractivity contribution in [3.63, 3.8) is 0 Å². The number of rotatable bonds is 5. The molecule has 19 heavy (non-hydrogen) atoms. The molecule has 0 radical (unpaired) electrons. The average Bonchev–Trinajstić information content (AvgIpc) is 2.36. The van der Waals surface area contributed by atoms with Crippen molar-refractivity contribution in [3.8, 4) is 0 Å². The predicted octanol–water partition coefficient (Wildman–Crippen LogP) is 3.87. The first-order chi connectivity index (χ1) is 8.62. The van der Waals surface area contributed by atoms with Crippen molar-refractivity contribution in [1.82, 2.24) is 0 Å². The molecule has 0 saturated heterocycles. The predicted molar refractivity (Wildman–Crippen MR) is 79.5 cm³/mol. The molecule has 1 rings (SSSR count). The quantitative estimate of drug-likeness (QED) is 0.832. The maximum absolute atomic E-state index is 14.8. The van der Waals surface area contributed by atoms with Gasteiger partial charge in [0.25, 0.3) is 0 Å². The molecular weight excluding hydrogens is 259 g/mol. The van der Waals surface area contributed by atoms with Gasteiger partial charge in [0.05, 0.1) is 13.2 Å². The number of hydrogen-bond acceptors (Lipinski definition) is 2. The summed E-state index contributed by atoms with van der Waals surface area (Å²) in [4.78, 5) is 0. The van der Waals surface area contributed by atoms with Crippen molar-refractivity contribution in [1.29, 1.82) is 0 Å². The third-order valence-electron chi connectivity index (χ3n) is 4.01. The largest absolute Gasteiger partial charge is 0.413 e. The Balaban J connectivity index is 2.84. The Morgan fingerprint density at radius 2 is 1.68 bits per heavy atom. The molecule has 2 nitrogen and oxygen atoms in total. The van der Waals surface area contributed by atoms with Crippen LogP contribution in [-0.4, -0.2) is 26.6 Å². The normalized spacial score (nSPS) is 16.2. The molecule has 0 amide bonds. The molecule has 0 aliphatic carbocycles. The number of aliphatic hydroxyl groups is 1. The summed E-state index contributed by atoms with van der Waals surface area (Å²) in [5.41, 5.74) is -1.35. The van der Waals surface area contributed by atoms with Crippen LogP contribution < -0.4 is 0 Å². The summed E-state index contributed by atoms with van der Waals surface area (Å²) >= 11 is 0. The molecule has 1 aromatic rings. The number of alkyl halides is 1. The van der Waals surface area contributed by atoms with Gasteiger partial charge in [-0.05, 0) is 23.7 Å². The van der Waals surface area contributed by atoms with Crippen LogP contribution in [0.15, 0.2) is 30.3 Å². The molecule has 0 bridgehead atoms. The van der Waals surface area contributed by atoms with Gasteiger partial charge in [0.1, 0.15) is 0 Å². The smallest absolute Gasteiger partial charge is 0.192 e. The minimum atomic E-state index is -2.01. The van der Waals surface area contributed by atoms with Gasteiger partial charge in [-0.3, -0.25) is 0 Å². The highest BCUT2D eigenvalue weighted by Gasteiger charge is 2.41. The van der Waals surface area contributed by atoms with Gasteiger partial charge >= 0.3 is 0 Å². The summed E-state index contributed by atoms with van der Waals surface area (Å²) in [6, 6.07) is 8.74. The Hall–Kier alpha value is -0.713. The molecule has 0 saturated carbocycles. The van der Waals surface area contributed by atoms with Crippen LogP contribution in [-0.2, 0) is 10.1 Å². The van der Waals surface area contributed by atoms with Gasteiger partial charge < -0.3 is 9.53 Å². The van der Waals surface area contributed by atoms with E-state index in [1.165, 1.54) is 0 Å². The fraction of sp³-hybridized carbons (Fsp3) is 0.600. The van der Waals surface area contributed by atoms with E-state index in [0.717, 1.165) is 0 Å². The number of hydrogen-bond donors (Lipinski definition) is 1. The molecule has 0 aromatic heterocycles. The fourth-order valence-electron chi connectivity index (χ4n) is 1.47. The number of aliphatic hydroxyl groups excluding tert-OH is 1. The van der Waals surface area contributed by atoms with Crippen LogP contribution in [0.5, 0.6) is 0 Å². The maximum Gasteiger partial charge on any atom is 0.192 e. The second kappa shape index (κ2) is 5.73. The highest BCUT2D eigenvalue weighted by molar-refractivity contribution is 6.74. The van der Waals surface area contributed by atoms with Crippen LogP contribution in [0.2, 0.25) is 18.1 Å². The first kappa shape index (κ1) is 16.3. The summed E-state index contributed by atoms with van der Waals surface area (Å²) in [6.45, 7) is 9.84. The minimum absolute atomic E-state index is 0.0278. The summed E-state index contributed by atoms with van der Waals surface area (Å²) in [7, 11) is -2.01. The second-order valence-electron chi connectivity index (χ2n) is 6.54. The van der Waals surface area contributed by atoms with E-state index in [9.17, 15) is 9.50 Å². The standard InChI is InChI=1S/C15H25FO2Si/c1-14(2,3)19(4,5)18-12-15(16,11-17)13-9-7-6-8-10-13/h6-10,17H,11-12H2,1-5H3. The number of halogens is 1. The number of benzene rings is 1. The van der Waals surface area contributed by atoms with Crippen LogP contribution in [0, 0.1) is 0 Å². The van der Waals surface area contributed by atoms with Crippen molar-refractivity contribution in [3.05, 3.63) is 35.9 Å². The summed E-state index contributed by atoms with van der Waals surface area (Å²) in [5.74, 6) is 0. The van der Waals surface area contributed by atoms with Crippen LogP contribution in [0.4, 0.5) is 4.39 Å². The van der Waals surface area contributed by atoms with Gasteiger partial charge in [-0.15, -0.1) is 0 Å². The van der Waals surface area contributed by atoms with Gasteiger partial charge in [-0.2, -0.15) is 0 Å². The van der Waals surface area contributed by atoms with Gasteiger partial charge in [0.15, 0.2) is 14.0 Å². The van der Waals surface area contributed by atoms with E-state index in [1.807, 2.05) is 6.07 Å². The minimum Gasteiger partial charge on any atom is -0.413 e. The molecule has 0 fully saturated rings. The molecule has 1 unspecified atom stereocenters. The summed E-state index contributed by atoms with van der Waals surface area (Å²) < 4.78 is 20.7. The molecular formula is C15H25FO2Si. The van der Waals surface area contributed by atoms with E-state index < -0.39 is 20.6 Å². The van der Waals surface area contributed by atoms with E-state index in [4.69, 9.17) is 4.43 Å². The van der Waals surface area contributed by atoms with Gasteiger partial charge in [0, 0.05) is 0 Å².